The Hall–Kier alpha value is -1.71. The molecule has 4 saturated heterocycles. The second kappa shape index (κ2) is 27.1. The largest absolute Gasteiger partial charge is 0.396 e. The molecule has 1 amide bonds. The minimum absolute atomic E-state index is 0.0535. The Kier molecular flexibility index (Phi) is 21.7. The van der Waals surface area contributed by atoms with Gasteiger partial charge in [-0.3, -0.25) is 4.79 Å². The van der Waals surface area contributed by atoms with E-state index in [2.05, 4.69) is 31.8 Å². The van der Waals surface area contributed by atoms with Gasteiger partial charge >= 0.3 is 0 Å². The van der Waals surface area contributed by atoms with E-state index in [4.69, 9.17) is 42.6 Å². The number of aliphatic hydroxyl groups is 14. The molecule has 4 aliphatic heterocycles. The molecule has 0 spiro atoms. The summed E-state index contributed by atoms with van der Waals surface area (Å²) >= 11 is 0. The van der Waals surface area contributed by atoms with E-state index in [1.165, 1.54) is 19.3 Å². The maximum absolute atomic E-state index is 14.1. The van der Waals surface area contributed by atoms with E-state index >= 15 is 0 Å². The molecule has 8 rings (SSSR count). The van der Waals surface area contributed by atoms with Gasteiger partial charge in [-0.25, -0.2) is 0 Å². The zero-order valence-electron chi connectivity index (χ0n) is 45.5. The number of carbonyl (C=O) groups is 1. The third kappa shape index (κ3) is 12.8. The highest BCUT2D eigenvalue weighted by Gasteiger charge is 2.62. The molecule has 4 aliphatic carbocycles. The first-order valence-electron chi connectivity index (χ1n) is 28.5. The predicted molar refractivity (Wildman–Crippen MR) is 270 cm³/mol. The minimum atomic E-state index is -1.92. The average molecular weight is 1140 g/mol. The summed E-state index contributed by atoms with van der Waals surface area (Å²) in [5, 5.41) is 151. The van der Waals surface area contributed by atoms with Gasteiger partial charge in [-0.1, -0.05) is 19.9 Å². The summed E-state index contributed by atoms with van der Waals surface area (Å²) in [5.74, 6) is 1.47. The van der Waals surface area contributed by atoms with Gasteiger partial charge in [0.15, 0.2) is 25.2 Å². The lowest BCUT2D eigenvalue weighted by Gasteiger charge is -2.61. The van der Waals surface area contributed by atoms with Gasteiger partial charge in [0.1, 0.15) is 85.5 Å². The Morgan fingerprint density at radius 2 is 1.22 bits per heavy atom. The zero-order valence-corrected chi connectivity index (χ0v) is 45.5. The quantitative estimate of drug-likeness (QED) is 0.0491. The Morgan fingerprint density at radius 1 is 0.646 bits per heavy atom. The molecule has 0 radical (unpaired) electrons. The lowest BCUT2D eigenvalue weighted by molar-refractivity contribution is -0.360. The Labute approximate surface area is 460 Å². The van der Waals surface area contributed by atoms with Gasteiger partial charge in [-0.2, -0.15) is 0 Å². The first-order valence-corrected chi connectivity index (χ1v) is 28.5. The minimum Gasteiger partial charge on any atom is -0.396 e. The van der Waals surface area contributed by atoms with Gasteiger partial charge in [0.2, 0.25) is 5.91 Å². The summed E-state index contributed by atoms with van der Waals surface area (Å²) in [5.41, 5.74) is 0.241. The number of hydrogen-bond donors (Lipinski definition) is 15. The monoisotopic (exact) mass is 1140 g/mol. The fraction of sp³-hybridized carbons (Fsp3) is 0.944. The number of methoxy groups -OCH3 is 1. The second-order valence-electron chi connectivity index (χ2n) is 24.2. The van der Waals surface area contributed by atoms with Gasteiger partial charge in [-0.15, -0.1) is 6.58 Å². The molecular weight excluding hydrogens is 1050 g/mol. The molecule has 30 atom stereocenters. The van der Waals surface area contributed by atoms with Gasteiger partial charge in [0.05, 0.1) is 64.5 Å². The molecule has 25 nitrogen and oxygen atoms in total. The van der Waals surface area contributed by atoms with Gasteiger partial charge < -0.3 is 119 Å². The van der Waals surface area contributed by atoms with Crippen molar-refractivity contribution < 1.29 is 119 Å². The topological polar surface area (TPSA) is 395 Å². The van der Waals surface area contributed by atoms with Gasteiger partial charge in [-0.05, 0) is 111 Å². The molecule has 79 heavy (non-hydrogen) atoms. The summed E-state index contributed by atoms with van der Waals surface area (Å²) in [6.45, 7) is 4.73. The van der Waals surface area contributed by atoms with E-state index in [0.717, 1.165) is 38.5 Å². The average Bonchev–Trinajstić information content (AvgIpc) is 3.85. The van der Waals surface area contributed by atoms with E-state index in [1.54, 1.807) is 0 Å². The van der Waals surface area contributed by atoms with Gasteiger partial charge in [0.25, 0.3) is 0 Å². The number of ether oxygens (including phenoxy) is 9. The number of rotatable bonds is 21. The lowest BCUT2D eigenvalue weighted by Crippen LogP contribution is -2.65. The highest BCUT2D eigenvalue weighted by Crippen LogP contribution is 2.69. The number of hydrogen-bond acceptors (Lipinski definition) is 24. The van der Waals surface area contributed by atoms with Crippen LogP contribution in [0.15, 0.2) is 12.7 Å². The van der Waals surface area contributed by atoms with Crippen LogP contribution in [-0.2, 0) is 47.4 Å². The van der Waals surface area contributed by atoms with Crippen LogP contribution in [0.3, 0.4) is 0 Å². The molecular formula is C54H91NO24. The van der Waals surface area contributed by atoms with E-state index in [0.29, 0.717) is 47.5 Å². The van der Waals surface area contributed by atoms with Gasteiger partial charge in [0, 0.05) is 19.4 Å². The van der Waals surface area contributed by atoms with E-state index in [1.807, 2.05) is 7.11 Å². The van der Waals surface area contributed by atoms with Crippen LogP contribution in [0.25, 0.3) is 0 Å². The fourth-order valence-corrected chi connectivity index (χ4v) is 15.4. The number of nitrogens with one attached hydrogen (secondary N) is 1. The van der Waals surface area contributed by atoms with Crippen LogP contribution in [0.2, 0.25) is 0 Å². The van der Waals surface area contributed by atoms with Crippen molar-refractivity contribution >= 4 is 5.91 Å². The lowest BCUT2D eigenvalue weighted by atomic mass is 9.44. The Bertz CT molecular complexity index is 1940. The third-order valence-corrected chi connectivity index (χ3v) is 20.0. The summed E-state index contributed by atoms with van der Waals surface area (Å²) in [6.07, 6.45) is -19.5. The molecule has 0 bridgehead atoms. The predicted octanol–water partition coefficient (Wildman–Crippen LogP) is -3.74. The highest BCUT2D eigenvalue weighted by atomic mass is 16.8. The van der Waals surface area contributed by atoms with Crippen molar-refractivity contribution in [1.29, 1.82) is 0 Å². The summed E-state index contributed by atoms with van der Waals surface area (Å²) in [6, 6.07) is -1.14. The van der Waals surface area contributed by atoms with Crippen LogP contribution in [0.4, 0.5) is 0 Å². The number of carbonyl (C=O) groups excluding carboxylic acids is 1. The number of amides is 1. The molecule has 15 N–H and O–H groups in total. The summed E-state index contributed by atoms with van der Waals surface area (Å²) in [7, 11) is 1.83. The molecule has 8 fully saturated rings. The van der Waals surface area contributed by atoms with Crippen molar-refractivity contribution in [2.75, 3.05) is 53.4 Å². The highest BCUT2D eigenvalue weighted by molar-refractivity contribution is 5.76. The molecule has 0 aromatic rings. The number of fused-ring (bicyclic) bond motifs is 5. The van der Waals surface area contributed by atoms with Crippen LogP contribution >= 0.6 is 0 Å². The molecule has 0 aromatic heterocycles. The van der Waals surface area contributed by atoms with Crippen molar-refractivity contribution in [2.45, 2.75) is 213 Å². The standard InChI is InChI=1S/C54H91NO24/c1-5-54-15-13-31-29(8-7-26-16-28(71-4)12-14-53(26,31)3)32(54)10-9-30(54)24(2)6-11-36(60)55-27(23-74-50-46(70)42(66)48(35(20-59)77-50)79-52-44(68)40(64)38(62)33(18-57)75-52)22-73-49-45(69)41(65)47(34(19-58)76-49)78-51-43(67)39(63)37(61)25(17-56)21-72-51/h5,24-35,37-52,56-59,61-70H,1,6-23H2,2-4H3,(H,55,60)/t24-,25?,26-,27?,28-,29-,30-,31+,32+,33?,34?,35?,37-,38-,39+,40+,41-,42-,43?,44?,45?,46?,47-,48?,49-,50-,51-,52+,53+,54-/m1/s1. The molecule has 25 heteroatoms. The number of aliphatic hydroxyl groups excluding tert-OH is 14. The molecule has 4 heterocycles. The third-order valence-electron chi connectivity index (χ3n) is 20.0. The van der Waals surface area contributed by atoms with Crippen molar-refractivity contribution in [3.8, 4) is 0 Å². The SMILES string of the molecule is C=C[C@]12CC[C@H]3[C@@H](CC[C@@H]4C[C@H](OC)CC[C@@]43C)[C@@H]1CC[C@@H]2[C@H](C)CCC(=O)NC(CO[C@@H]1OC(CO)C(O[C@@H]2OC(CO)[C@@H](O)[C@H](O)C2O)[C@H](O)C1O)CO[C@@H]1OC(CO)[C@@H](O[C@H]2OCC(CO)[C@@H](O)[C@H](O)C2O)[C@H](O)C1O. The fourth-order valence-electron chi connectivity index (χ4n) is 15.4. The molecule has 4 saturated carbocycles. The van der Waals surface area contributed by atoms with Crippen molar-refractivity contribution in [3.05, 3.63) is 12.7 Å². The van der Waals surface area contributed by atoms with Crippen molar-refractivity contribution in [1.82, 2.24) is 5.32 Å². The summed E-state index contributed by atoms with van der Waals surface area (Å²) < 4.78 is 51.8. The molecule has 10 unspecified atom stereocenters. The first kappa shape index (κ1) is 63.3. The van der Waals surface area contributed by atoms with E-state index in [-0.39, 0.29) is 24.4 Å². The first-order chi connectivity index (χ1) is 37.7. The van der Waals surface area contributed by atoms with Crippen LogP contribution in [-0.4, -0.2) is 260 Å². The van der Waals surface area contributed by atoms with E-state index < -0.39 is 174 Å². The molecule has 8 aliphatic rings. The van der Waals surface area contributed by atoms with Crippen LogP contribution in [0.1, 0.15) is 84.5 Å². The second-order valence-corrected chi connectivity index (χ2v) is 24.2. The Morgan fingerprint density at radius 3 is 1.80 bits per heavy atom. The Balaban J connectivity index is 0.926. The van der Waals surface area contributed by atoms with Crippen molar-refractivity contribution in [3.63, 3.8) is 0 Å². The normalized spacial score (nSPS) is 49.1. The molecule has 0 aromatic carbocycles. The van der Waals surface area contributed by atoms with Crippen LogP contribution in [0.5, 0.6) is 0 Å². The maximum atomic E-state index is 14.1. The maximum Gasteiger partial charge on any atom is 0.220 e. The van der Waals surface area contributed by atoms with Crippen LogP contribution < -0.4 is 5.32 Å². The van der Waals surface area contributed by atoms with E-state index in [9.17, 15) is 76.3 Å². The van der Waals surface area contributed by atoms with Crippen LogP contribution in [0, 0.1) is 52.3 Å². The number of allylic oxidation sites excluding steroid dienone is 1. The smallest absolute Gasteiger partial charge is 0.220 e. The molecule has 456 valence electrons. The summed E-state index contributed by atoms with van der Waals surface area (Å²) in [4.78, 5) is 14.1. The van der Waals surface area contributed by atoms with Crippen molar-refractivity contribution in [2.24, 2.45) is 52.3 Å². The zero-order chi connectivity index (χ0) is 57.2.